The van der Waals surface area contributed by atoms with E-state index >= 15 is 0 Å². The highest BCUT2D eigenvalue weighted by atomic mass is 16.6. The average Bonchev–Trinajstić information content (AvgIpc) is 2.84. The Hall–Kier alpha value is -0.810. The smallest absolute Gasteiger partial charge is 0.407 e. The Kier molecular flexibility index (Phi) is 3.80. The molecular formula is C10H18N2O3. The molecule has 0 aliphatic carbocycles. The highest BCUT2D eigenvalue weighted by molar-refractivity contribution is 5.69. The number of hydrogen-bond acceptors (Lipinski definition) is 4. The third-order valence-electron chi connectivity index (χ3n) is 2.88. The third-order valence-corrected chi connectivity index (χ3v) is 2.88. The molecule has 1 amide bonds. The second-order valence-electron chi connectivity index (χ2n) is 4.13. The summed E-state index contributed by atoms with van der Waals surface area (Å²) >= 11 is 0. The molecule has 2 heterocycles. The second kappa shape index (κ2) is 5.32. The van der Waals surface area contributed by atoms with Gasteiger partial charge in [-0.25, -0.2) is 4.79 Å². The summed E-state index contributed by atoms with van der Waals surface area (Å²) in [5.41, 5.74) is 0. The van der Waals surface area contributed by atoms with Crippen molar-refractivity contribution >= 4 is 6.09 Å². The van der Waals surface area contributed by atoms with Crippen molar-refractivity contribution in [1.82, 2.24) is 10.6 Å². The standard InChI is InChI=1S/C10H18N2O3/c13-10-12-6-9(15-10)7-14-4-2-8-1-3-11-5-8/h8-9,11H,1-7H2,(H,12,13). The molecular weight excluding hydrogens is 196 g/mol. The molecule has 0 spiro atoms. The van der Waals surface area contributed by atoms with E-state index in [-0.39, 0.29) is 12.2 Å². The van der Waals surface area contributed by atoms with E-state index < -0.39 is 0 Å². The Morgan fingerprint density at radius 2 is 2.40 bits per heavy atom. The van der Waals surface area contributed by atoms with Gasteiger partial charge in [0.25, 0.3) is 0 Å². The molecule has 0 aromatic heterocycles. The first-order valence-corrected chi connectivity index (χ1v) is 5.57. The Morgan fingerprint density at radius 1 is 1.47 bits per heavy atom. The van der Waals surface area contributed by atoms with E-state index in [1.807, 2.05) is 0 Å². The lowest BCUT2D eigenvalue weighted by Crippen LogP contribution is -2.21. The van der Waals surface area contributed by atoms with Crippen molar-refractivity contribution in [3.8, 4) is 0 Å². The minimum absolute atomic E-state index is 0.0980. The van der Waals surface area contributed by atoms with Gasteiger partial charge in [0.2, 0.25) is 0 Å². The van der Waals surface area contributed by atoms with Crippen LogP contribution in [0.1, 0.15) is 12.8 Å². The summed E-state index contributed by atoms with van der Waals surface area (Å²) in [7, 11) is 0. The summed E-state index contributed by atoms with van der Waals surface area (Å²) in [6, 6.07) is 0. The third kappa shape index (κ3) is 3.35. The SMILES string of the molecule is O=C1NCC(COCCC2CCNC2)O1. The molecule has 5 nitrogen and oxygen atoms in total. The number of hydrogen-bond donors (Lipinski definition) is 2. The summed E-state index contributed by atoms with van der Waals surface area (Å²) in [4.78, 5) is 10.7. The fourth-order valence-electron chi connectivity index (χ4n) is 1.95. The van der Waals surface area contributed by atoms with E-state index in [2.05, 4.69) is 10.6 Å². The van der Waals surface area contributed by atoms with E-state index in [9.17, 15) is 4.79 Å². The fraction of sp³-hybridized carbons (Fsp3) is 0.900. The van der Waals surface area contributed by atoms with E-state index in [4.69, 9.17) is 9.47 Å². The first-order chi connectivity index (χ1) is 7.34. The van der Waals surface area contributed by atoms with Crippen LogP contribution in [0.5, 0.6) is 0 Å². The van der Waals surface area contributed by atoms with E-state index in [1.165, 1.54) is 6.42 Å². The highest BCUT2D eigenvalue weighted by Crippen LogP contribution is 2.12. The number of carbonyl (C=O) groups is 1. The molecule has 5 heteroatoms. The zero-order chi connectivity index (χ0) is 10.5. The molecule has 2 aliphatic heterocycles. The molecule has 0 radical (unpaired) electrons. The Morgan fingerprint density at radius 3 is 3.07 bits per heavy atom. The predicted octanol–water partition coefficient (Wildman–Crippen LogP) is 0.111. The van der Waals surface area contributed by atoms with Crippen LogP contribution in [0.3, 0.4) is 0 Å². The number of carbonyl (C=O) groups excluding carboxylic acids is 1. The van der Waals surface area contributed by atoms with Crippen LogP contribution in [-0.4, -0.2) is 45.0 Å². The largest absolute Gasteiger partial charge is 0.442 e. The first-order valence-electron chi connectivity index (χ1n) is 5.57. The molecule has 2 fully saturated rings. The molecule has 2 rings (SSSR count). The van der Waals surface area contributed by atoms with Gasteiger partial charge in [0.15, 0.2) is 0 Å². The summed E-state index contributed by atoms with van der Waals surface area (Å²) in [6.45, 7) is 4.10. The van der Waals surface area contributed by atoms with Crippen molar-refractivity contribution in [2.75, 3.05) is 32.8 Å². The van der Waals surface area contributed by atoms with Gasteiger partial charge < -0.3 is 20.1 Å². The molecule has 0 aromatic rings. The van der Waals surface area contributed by atoms with E-state index in [0.717, 1.165) is 32.0 Å². The predicted molar refractivity (Wildman–Crippen MR) is 54.7 cm³/mol. The van der Waals surface area contributed by atoms with Crippen LogP contribution in [0.15, 0.2) is 0 Å². The van der Waals surface area contributed by atoms with Crippen LogP contribution >= 0.6 is 0 Å². The molecule has 0 saturated carbocycles. The van der Waals surface area contributed by atoms with Gasteiger partial charge in [-0.1, -0.05) is 0 Å². The summed E-state index contributed by atoms with van der Waals surface area (Å²) < 4.78 is 10.4. The molecule has 2 atom stereocenters. The second-order valence-corrected chi connectivity index (χ2v) is 4.13. The van der Waals surface area contributed by atoms with Gasteiger partial charge in [-0.2, -0.15) is 0 Å². The Labute approximate surface area is 89.5 Å². The zero-order valence-corrected chi connectivity index (χ0v) is 8.83. The van der Waals surface area contributed by atoms with Crippen molar-refractivity contribution in [3.05, 3.63) is 0 Å². The van der Waals surface area contributed by atoms with Gasteiger partial charge >= 0.3 is 6.09 Å². The Bertz CT molecular complexity index is 217. The molecule has 2 saturated heterocycles. The van der Waals surface area contributed by atoms with Crippen molar-refractivity contribution < 1.29 is 14.3 Å². The van der Waals surface area contributed by atoms with Crippen LogP contribution in [-0.2, 0) is 9.47 Å². The number of alkyl carbamates (subject to hydrolysis) is 1. The van der Waals surface area contributed by atoms with Crippen molar-refractivity contribution in [3.63, 3.8) is 0 Å². The van der Waals surface area contributed by atoms with Crippen molar-refractivity contribution in [1.29, 1.82) is 0 Å². The topological polar surface area (TPSA) is 59.6 Å². The van der Waals surface area contributed by atoms with Gasteiger partial charge in [0.1, 0.15) is 6.10 Å². The molecule has 2 unspecified atom stereocenters. The Balaban J connectivity index is 1.49. The lowest BCUT2D eigenvalue weighted by atomic mass is 10.1. The number of ether oxygens (including phenoxy) is 2. The molecule has 15 heavy (non-hydrogen) atoms. The monoisotopic (exact) mass is 214 g/mol. The van der Waals surface area contributed by atoms with Crippen LogP contribution in [0.4, 0.5) is 4.79 Å². The average molecular weight is 214 g/mol. The fourth-order valence-corrected chi connectivity index (χ4v) is 1.95. The minimum Gasteiger partial charge on any atom is -0.442 e. The molecule has 2 aliphatic rings. The number of nitrogens with one attached hydrogen (secondary N) is 2. The van der Waals surface area contributed by atoms with Crippen molar-refractivity contribution in [2.45, 2.75) is 18.9 Å². The minimum atomic E-state index is -0.330. The summed E-state index contributed by atoms with van der Waals surface area (Å²) in [6.07, 6.45) is 1.92. The summed E-state index contributed by atoms with van der Waals surface area (Å²) in [5.74, 6) is 0.759. The van der Waals surface area contributed by atoms with Crippen LogP contribution in [0.25, 0.3) is 0 Å². The lowest BCUT2D eigenvalue weighted by molar-refractivity contribution is 0.0413. The molecule has 0 aromatic carbocycles. The van der Waals surface area contributed by atoms with Gasteiger partial charge in [0.05, 0.1) is 13.2 Å². The van der Waals surface area contributed by atoms with Crippen molar-refractivity contribution in [2.24, 2.45) is 5.92 Å². The van der Waals surface area contributed by atoms with Gasteiger partial charge in [-0.15, -0.1) is 0 Å². The molecule has 86 valence electrons. The maximum Gasteiger partial charge on any atom is 0.407 e. The van der Waals surface area contributed by atoms with E-state index in [0.29, 0.717) is 13.2 Å². The highest BCUT2D eigenvalue weighted by Gasteiger charge is 2.22. The van der Waals surface area contributed by atoms with Gasteiger partial charge in [0, 0.05) is 6.61 Å². The number of amides is 1. The number of cyclic esters (lactones) is 1. The maximum atomic E-state index is 10.7. The first kappa shape index (κ1) is 10.7. The quantitative estimate of drug-likeness (QED) is 0.638. The van der Waals surface area contributed by atoms with Crippen LogP contribution < -0.4 is 10.6 Å². The van der Waals surface area contributed by atoms with E-state index in [1.54, 1.807) is 0 Å². The zero-order valence-electron chi connectivity index (χ0n) is 8.83. The van der Waals surface area contributed by atoms with Crippen LogP contribution in [0.2, 0.25) is 0 Å². The normalized spacial score (nSPS) is 30.3. The number of rotatable bonds is 5. The lowest BCUT2D eigenvalue weighted by Gasteiger charge is -2.11. The van der Waals surface area contributed by atoms with Crippen LogP contribution in [0, 0.1) is 5.92 Å². The molecule has 0 bridgehead atoms. The van der Waals surface area contributed by atoms with Gasteiger partial charge in [-0.05, 0) is 31.8 Å². The summed E-state index contributed by atoms with van der Waals surface area (Å²) in [5, 5.41) is 5.93. The molecule has 2 N–H and O–H groups in total. The maximum absolute atomic E-state index is 10.7. The van der Waals surface area contributed by atoms with Gasteiger partial charge in [-0.3, -0.25) is 0 Å².